The number of amides is 1. The van der Waals surface area contributed by atoms with Crippen molar-refractivity contribution < 1.29 is 14.3 Å². The number of carbonyl (C=O) groups is 2. The van der Waals surface area contributed by atoms with Crippen molar-refractivity contribution in [3.63, 3.8) is 0 Å². The SMILES string of the molecule is CC(C)(C)OC(=O)NC1C=CC2=C(CCCCC2=O)C1. The van der Waals surface area contributed by atoms with Crippen molar-refractivity contribution in [1.82, 2.24) is 5.32 Å². The van der Waals surface area contributed by atoms with Gasteiger partial charge in [0.05, 0.1) is 6.04 Å². The maximum Gasteiger partial charge on any atom is 0.408 e. The molecular weight excluding hydrogens is 254 g/mol. The van der Waals surface area contributed by atoms with Crippen molar-refractivity contribution in [1.29, 1.82) is 0 Å². The number of allylic oxidation sites excluding steroid dienone is 2. The molecule has 20 heavy (non-hydrogen) atoms. The number of ketones is 1. The first-order valence-electron chi connectivity index (χ1n) is 7.28. The second-order valence-corrected chi connectivity index (χ2v) is 6.46. The molecule has 110 valence electrons. The molecule has 2 aliphatic carbocycles. The van der Waals surface area contributed by atoms with E-state index in [1.807, 2.05) is 32.9 Å². The number of alkyl carbamates (subject to hydrolysis) is 1. The van der Waals surface area contributed by atoms with E-state index in [4.69, 9.17) is 4.74 Å². The minimum absolute atomic E-state index is 0.0745. The molecular formula is C16H23NO3. The highest BCUT2D eigenvalue weighted by Gasteiger charge is 2.25. The van der Waals surface area contributed by atoms with Crippen LogP contribution in [0.25, 0.3) is 0 Å². The quantitative estimate of drug-likeness (QED) is 0.800. The molecule has 0 aliphatic heterocycles. The van der Waals surface area contributed by atoms with Crippen LogP contribution in [-0.2, 0) is 9.53 Å². The summed E-state index contributed by atoms with van der Waals surface area (Å²) in [6.45, 7) is 5.52. The van der Waals surface area contributed by atoms with E-state index in [2.05, 4.69) is 5.32 Å². The monoisotopic (exact) mass is 277 g/mol. The lowest BCUT2D eigenvalue weighted by atomic mass is 9.91. The smallest absolute Gasteiger partial charge is 0.408 e. The number of nitrogens with one attached hydrogen (secondary N) is 1. The van der Waals surface area contributed by atoms with Crippen LogP contribution in [0.5, 0.6) is 0 Å². The molecule has 0 spiro atoms. The molecule has 0 bridgehead atoms. The van der Waals surface area contributed by atoms with E-state index in [1.54, 1.807) is 0 Å². The van der Waals surface area contributed by atoms with E-state index in [0.717, 1.165) is 31.3 Å². The van der Waals surface area contributed by atoms with Gasteiger partial charge in [0, 0.05) is 12.0 Å². The Bertz CT molecular complexity index is 469. The van der Waals surface area contributed by atoms with Crippen LogP contribution in [0.1, 0.15) is 52.9 Å². The summed E-state index contributed by atoms with van der Waals surface area (Å²) >= 11 is 0. The van der Waals surface area contributed by atoms with Gasteiger partial charge in [0.15, 0.2) is 5.78 Å². The first-order valence-corrected chi connectivity index (χ1v) is 7.28. The highest BCUT2D eigenvalue weighted by atomic mass is 16.6. The topological polar surface area (TPSA) is 55.4 Å². The molecule has 4 nitrogen and oxygen atoms in total. The Kier molecular flexibility index (Phi) is 4.31. The fourth-order valence-corrected chi connectivity index (χ4v) is 2.62. The van der Waals surface area contributed by atoms with Gasteiger partial charge in [0.25, 0.3) is 0 Å². The summed E-state index contributed by atoms with van der Waals surface area (Å²) in [5.41, 5.74) is 1.55. The van der Waals surface area contributed by atoms with Crippen molar-refractivity contribution in [3.8, 4) is 0 Å². The number of carbonyl (C=O) groups excluding carboxylic acids is 2. The third-order valence-corrected chi connectivity index (χ3v) is 3.48. The molecule has 0 saturated heterocycles. The van der Waals surface area contributed by atoms with Crippen LogP contribution >= 0.6 is 0 Å². The van der Waals surface area contributed by atoms with Crippen LogP contribution in [0, 0.1) is 0 Å². The zero-order valence-corrected chi connectivity index (χ0v) is 12.5. The zero-order valence-electron chi connectivity index (χ0n) is 12.5. The molecule has 0 aromatic heterocycles. The molecule has 0 saturated carbocycles. The van der Waals surface area contributed by atoms with Crippen molar-refractivity contribution in [2.45, 2.75) is 64.5 Å². The minimum atomic E-state index is -0.495. The summed E-state index contributed by atoms with van der Waals surface area (Å²) in [6, 6.07) is -0.0745. The standard InChI is InChI=1S/C16H23NO3/c1-16(2,3)20-15(19)17-12-8-9-13-11(10-12)6-4-5-7-14(13)18/h8-9,12H,4-7,10H2,1-3H3,(H,17,19). The molecule has 0 aromatic carbocycles. The molecule has 0 radical (unpaired) electrons. The average Bonchev–Trinajstić information content (AvgIpc) is 2.49. The van der Waals surface area contributed by atoms with Crippen LogP contribution in [-0.4, -0.2) is 23.5 Å². The van der Waals surface area contributed by atoms with Gasteiger partial charge in [-0.3, -0.25) is 4.79 Å². The molecule has 1 unspecified atom stereocenters. The summed E-state index contributed by atoms with van der Waals surface area (Å²) in [5, 5.41) is 2.85. The first-order chi connectivity index (χ1) is 9.35. The van der Waals surface area contributed by atoms with Gasteiger partial charge in [-0.1, -0.05) is 17.7 Å². The van der Waals surface area contributed by atoms with Crippen LogP contribution in [0.3, 0.4) is 0 Å². The van der Waals surface area contributed by atoms with Gasteiger partial charge in [-0.2, -0.15) is 0 Å². The number of ether oxygens (including phenoxy) is 1. The van der Waals surface area contributed by atoms with Gasteiger partial charge in [-0.25, -0.2) is 4.79 Å². The largest absolute Gasteiger partial charge is 0.444 e. The highest BCUT2D eigenvalue weighted by Crippen LogP contribution is 2.29. The summed E-state index contributed by atoms with van der Waals surface area (Å²) in [7, 11) is 0. The van der Waals surface area contributed by atoms with Gasteiger partial charge in [-0.15, -0.1) is 0 Å². The van der Waals surface area contributed by atoms with Gasteiger partial charge >= 0.3 is 6.09 Å². The van der Waals surface area contributed by atoms with Crippen molar-refractivity contribution in [3.05, 3.63) is 23.3 Å². The molecule has 0 fully saturated rings. The number of Topliss-reactive ketones (excluding diaryl/α,β-unsaturated/α-hetero) is 1. The first kappa shape index (κ1) is 14.8. The summed E-state index contributed by atoms with van der Waals surface area (Å²) in [4.78, 5) is 23.7. The molecule has 0 heterocycles. The van der Waals surface area contributed by atoms with Gasteiger partial charge < -0.3 is 10.1 Å². The van der Waals surface area contributed by atoms with Gasteiger partial charge in [0.2, 0.25) is 0 Å². The van der Waals surface area contributed by atoms with Crippen LogP contribution in [0.15, 0.2) is 23.3 Å². The van der Waals surface area contributed by atoms with E-state index in [9.17, 15) is 9.59 Å². The summed E-state index contributed by atoms with van der Waals surface area (Å²) in [5.74, 6) is 0.240. The summed E-state index contributed by atoms with van der Waals surface area (Å²) < 4.78 is 5.26. The maximum atomic E-state index is 11.9. The van der Waals surface area contributed by atoms with E-state index < -0.39 is 11.7 Å². The van der Waals surface area contributed by atoms with E-state index in [-0.39, 0.29) is 11.8 Å². The predicted molar refractivity (Wildman–Crippen MR) is 77.4 cm³/mol. The molecule has 0 aromatic rings. The Balaban J connectivity index is 1.97. The number of rotatable bonds is 1. The second kappa shape index (κ2) is 5.81. The number of hydrogen-bond acceptors (Lipinski definition) is 3. The molecule has 1 N–H and O–H groups in total. The minimum Gasteiger partial charge on any atom is -0.444 e. The van der Waals surface area contributed by atoms with Crippen LogP contribution in [0.2, 0.25) is 0 Å². The van der Waals surface area contributed by atoms with Crippen LogP contribution < -0.4 is 5.32 Å². The number of hydrogen-bond donors (Lipinski definition) is 1. The Labute approximate surface area is 120 Å². The average molecular weight is 277 g/mol. The zero-order chi connectivity index (χ0) is 14.8. The lowest BCUT2D eigenvalue weighted by molar-refractivity contribution is -0.115. The molecule has 4 heteroatoms. The second-order valence-electron chi connectivity index (χ2n) is 6.46. The summed E-state index contributed by atoms with van der Waals surface area (Å²) in [6.07, 6.45) is 7.69. The highest BCUT2D eigenvalue weighted by molar-refractivity contribution is 5.99. The Hall–Kier alpha value is -1.58. The fraction of sp³-hybridized carbons (Fsp3) is 0.625. The normalized spacial score (nSPS) is 23.1. The van der Waals surface area contributed by atoms with Crippen molar-refractivity contribution >= 4 is 11.9 Å². The lowest BCUT2D eigenvalue weighted by Gasteiger charge is -2.25. The van der Waals surface area contributed by atoms with Gasteiger partial charge in [-0.05, 0) is 46.5 Å². The third-order valence-electron chi connectivity index (χ3n) is 3.48. The van der Waals surface area contributed by atoms with E-state index >= 15 is 0 Å². The van der Waals surface area contributed by atoms with E-state index in [1.165, 1.54) is 5.57 Å². The third kappa shape index (κ3) is 3.95. The predicted octanol–water partition coefficient (Wildman–Crippen LogP) is 3.28. The lowest BCUT2D eigenvalue weighted by Crippen LogP contribution is -2.39. The van der Waals surface area contributed by atoms with E-state index in [0.29, 0.717) is 6.42 Å². The molecule has 2 rings (SSSR count). The fourth-order valence-electron chi connectivity index (χ4n) is 2.62. The van der Waals surface area contributed by atoms with Crippen molar-refractivity contribution in [2.75, 3.05) is 0 Å². The Morgan fingerprint density at radius 1 is 1.30 bits per heavy atom. The van der Waals surface area contributed by atoms with Gasteiger partial charge in [0.1, 0.15) is 5.60 Å². The molecule has 1 amide bonds. The van der Waals surface area contributed by atoms with Crippen LogP contribution in [0.4, 0.5) is 4.79 Å². The Morgan fingerprint density at radius 3 is 2.70 bits per heavy atom. The Morgan fingerprint density at radius 2 is 2.00 bits per heavy atom. The van der Waals surface area contributed by atoms with Crippen molar-refractivity contribution in [2.24, 2.45) is 0 Å². The maximum absolute atomic E-state index is 11.9. The molecule has 1 atom stereocenters. The molecule has 2 aliphatic rings.